The topological polar surface area (TPSA) is 40.7 Å². The van der Waals surface area contributed by atoms with Crippen LogP contribution in [-0.2, 0) is 13.0 Å². The standard InChI is InChI=1S/C17H19N3/c1-3-13-6-9-15-16(10-13)20-17(19-15)11-18-14-7-4-12(2)5-8-14/h4-10,18H,3,11H2,1-2H3,(H,19,20). The smallest absolute Gasteiger partial charge is 0.126 e. The quantitative estimate of drug-likeness (QED) is 0.747. The minimum atomic E-state index is 0.708. The number of nitrogens with one attached hydrogen (secondary N) is 2. The van der Waals surface area contributed by atoms with Crippen molar-refractivity contribution < 1.29 is 0 Å². The van der Waals surface area contributed by atoms with Crippen LogP contribution in [0.4, 0.5) is 5.69 Å². The van der Waals surface area contributed by atoms with E-state index >= 15 is 0 Å². The Hall–Kier alpha value is -2.29. The minimum absolute atomic E-state index is 0.708. The number of aryl methyl sites for hydroxylation is 2. The molecule has 2 aromatic carbocycles. The molecular formula is C17H19N3. The number of rotatable bonds is 4. The molecule has 0 radical (unpaired) electrons. The van der Waals surface area contributed by atoms with Crippen molar-refractivity contribution in [1.29, 1.82) is 0 Å². The third-order valence-electron chi connectivity index (χ3n) is 3.52. The van der Waals surface area contributed by atoms with Crippen LogP contribution in [0, 0.1) is 6.92 Å². The summed E-state index contributed by atoms with van der Waals surface area (Å²) < 4.78 is 0. The summed E-state index contributed by atoms with van der Waals surface area (Å²) in [6, 6.07) is 14.8. The second kappa shape index (κ2) is 5.37. The van der Waals surface area contributed by atoms with Gasteiger partial charge < -0.3 is 10.3 Å². The normalized spacial score (nSPS) is 10.9. The zero-order chi connectivity index (χ0) is 13.9. The maximum absolute atomic E-state index is 4.60. The van der Waals surface area contributed by atoms with E-state index in [0.29, 0.717) is 6.54 Å². The fraction of sp³-hybridized carbons (Fsp3) is 0.235. The van der Waals surface area contributed by atoms with Crippen LogP contribution in [0.5, 0.6) is 0 Å². The lowest BCUT2D eigenvalue weighted by Crippen LogP contribution is -2.00. The fourth-order valence-corrected chi connectivity index (χ4v) is 2.27. The summed E-state index contributed by atoms with van der Waals surface area (Å²) in [7, 11) is 0. The van der Waals surface area contributed by atoms with Gasteiger partial charge >= 0.3 is 0 Å². The SMILES string of the molecule is CCc1ccc2nc(CNc3ccc(C)cc3)[nH]c2c1. The van der Waals surface area contributed by atoms with Gasteiger partial charge in [0.2, 0.25) is 0 Å². The zero-order valence-electron chi connectivity index (χ0n) is 11.9. The average Bonchev–Trinajstić information content (AvgIpc) is 2.88. The Labute approximate surface area is 119 Å². The van der Waals surface area contributed by atoms with Gasteiger partial charge in [-0.05, 0) is 43.2 Å². The molecule has 20 heavy (non-hydrogen) atoms. The van der Waals surface area contributed by atoms with Gasteiger partial charge in [0, 0.05) is 5.69 Å². The van der Waals surface area contributed by atoms with Gasteiger partial charge in [-0.1, -0.05) is 30.7 Å². The van der Waals surface area contributed by atoms with Crippen molar-refractivity contribution in [3.05, 3.63) is 59.4 Å². The first-order valence-corrected chi connectivity index (χ1v) is 7.02. The van der Waals surface area contributed by atoms with Gasteiger partial charge in [0.05, 0.1) is 17.6 Å². The van der Waals surface area contributed by atoms with Crippen molar-refractivity contribution in [3.63, 3.8) is 0 Å². The first-order valence-electron chi connectivity index (χ1n) is 7.02. The molecule has 3 aromatic rings. The average molecular weight is 265 g/mol. The van der Waals surface area contributed by atoms with Crippen LogP contribution in [-0.4, -0.2) is 9.97 Å². The Morgan fingerprint density at radius 2 is 1.90 bits per heavy atom. The minimum Gasteiger partial charge on any atom is -0.378 e. The monoisotopic (exact) mass is 265 g/mol. The molecule has 0 saturated heterocycles. The lowest BCUT2D eigenvalue weighted by atomic mass is 10.1. The van der Waals surface area contributed by atoms with Gasteiger partial charge in [0.25, 0.3) is 0 Å². The zero-order valence-corrected chi connectivity index (χ0v) is 11.9. The highest BCUT2D eigenvalue weighted by Crippen LogP contribution is 2.15. The largest absolute Gasteiger partial charge is 0.378 e. The summed E-state index contributed by atoms with van der Waals surface area (Å²) in [5.41, 5.74) is 5.86. The number of anilines is 1. The van der Waals surface area contributed by atoms with Gasteiger partial charge in [0.1, 0.15) is 5.82 Å². The highest BCUT2D eigenvalue weighted by Gasteiger charge is 2.03. The Balaban J connectivity index is 1.75. The molecule has 0 aliphatic rings. The van der Waals surface area contributed by atoms with Crippen molar-refractivity contribution in [2.75, 3.05) is 5.32 Å². The van der Waals surface area contributed by atoms with Crippen LogP contribution in [0.15, 0.2) is 42.5 Å². The molecule has 2 N–H and O–H groups in total. The van der Waals surface area contributed by atoms with Gasteiger partial charge in [-0.15, -0.1) is 0 Å². The van der Waals surface area contributed by atoms with Crippen LogP contribution >= 0.6 is 0 Å². The van der Waals surface area contributed by atoms with Crippen molar-refractivity contribution in [1.82, 2.24) is 9.97 Å². The number of imidazole rings is 1. The molecule has 0 fully saturated rings. The first-order chi connectivity index (χ1) is 9.74. The molecule has 0 bridgehead atoms. The second-order valence-electron chi connectivity index (χ2n) is 5.11. The molecule has 0 atom stereocenters. The molecule has 102 valence electrons. The number of aromatic amines is 1. The summed E-state index contributed by atoms with van der Waals surface area (Å²) >= 11 is 0. The van der Waals surface area contributed by atoms with Crippen LogP contribution < -0.4 is 5.32 Å². The predicted octanol–water partition coefficient (Wildman–Crippen LogP) is 4.05. The fourth-order valence-electron chi connectivity index (χ4n) is 2.27. The molecule has 0 spiro atoms. The van der Waals surface area contributed by atoms with Crippen molar-refractivity contribution >= 4 is 16.7 Å². The van der Waals surface area contributed by atoms with Gasteiger partial charge in [-0.3, -0.25) is 0 Å². The predicted molar refractivity (Wildman–Crippen MR) is 84.0 cm³/mol. The van der Waals surface area contributed by atoms with E-state index in [1.165, 1.54) is 11.1 Å². The van der Waals surface area contributed by atoms with E-state index in [-0.39, 0.29) is 0 Å². The molecule has 0 amide bonds. The third kappa shape index (κ3) is 2.67. The Morgan fingerprint density at radius 1 is 1.10 bits per heavy atom. The Morgan fingerprint density at radius 3 is 2.65 bits per heavy atom. The summed E-state index contributed by atoms with van der Waals surface area (Å²) in [5, 5.41) is 3.38. The number of hydrogen-bond donors (Lipinski definition) is 2. The highest BCUT2D eigenvalue weighted by molar-refractivity contribution is 5.75. The van der Waals surface area contributed by atoms with Crippen LogP contribution in [0.1, 0.15) is 23.9 Å². The summed E-state index contributed by atoms with van der Waals surface area (Å²) in [4.78, 5) is 7.98. The van der Waals surface area contributed by atoms with E-state index < -0.39 is 0 Å². The Bertz CT molecular complexity index is 711. The van der Waals surface area contributed by atoms with Crippen molar-refractivity contribution in [2.45, 2.75) is 26.8 Å². The van der Waals surface area contributed by atoms with E-state index in [0.717, 1.165) is 29.0 Å². The molecule has 0 aliphatic heterocycles. The number of benzene rings is 2. The first kappa shape index (κ1) is 12.7. The van der Waals surface area contributed by atoms with Crippen molar-refractivity contribution in [3.8, 4) is 0 Å². The maximum atomic E-state index is 4.60. The lowest BCUT2D eigenvalue weighted by Gasteiger charge is -2.04. The number of nitrogens with zero attached hydrogens (tertiary/aromatic N) is 1. The Kier molecular flexibility index (Phi) is 3.42. The summed E-state index contributed by atoms with van der Waals surface area (Å²) in [6.07, 6.45) is 1.05. The lowest BCUT2D eigenvalue weighted by molar-refractivity contribution is 1.01. The third-order valence-corrected chi connectivity index (χ3v) is 3.52. The summed E-state index contributed by atoms with van der Waals surface area (Å²) in [6.45, 7) is 4.96. The van der Waals surface area contributed by atoms with Crippen LogP contribution in [0.2, 0.25) is 0 Å². The molecule has 1 aromatic heterocycles. The molecule has 0 unspecified atom stereocenters. The van der Waals surface area contributed by atoms with E-state index in [2.05, 4.69) is 71.6 Å². The molecule has 0 saturated carbocycles. The van der Waals surface area contributed by atoms with E-state index in [1.807, 2.05) is 0 Å². The number of hydrogen-bond acceptors (Lipinski definition) is 2. The van der Waals surface area contributed by atoms with Crippen LogP contribution in [0.25, 0.3) is 11.0 Å². The van der Waals surface area contributed by atoms with E-state index in [1.54, 1.807) is 0 Å². The van der Waals surface area contributed by atoms with Crippen LogP contribution in [0.3, 0.4) is 0 Å². The molecule has 3 heteroatoms. The number of H-pyrrole nitrogens is 1. The molecule has 3 nitrogen and oxygen atoms in total. The van der Waals surface area contributed by atoms with Gasteiger partial charge in [-0.25, -0.2) is 4.98 Å². The van der Waals surface area contributed by atoms with E-state index in [4.69, 9.17) is 0 Å². The molecule has 1 heterocycles. The second-order valence-corrected chi connectivity index (χ2v) is 5.11. The van der Waals surface area contributed by atoms with E-state index in [9.17, 15) is 0 Å². The molecule has 3 rings (SSSR count). The van der Waals surface area contributed by atoms with Gasteiger partial charge in [-0.2, -0.15) is 0 Å². The number of fused-ring (bicyclic) bond motifs is 1. The van der Waals surface area contributed by atoms with Crippen molar-refractivity contribution in [2.24, 2.45) is 0 Å². The van der Waals surface area contributed by atoms with Gasteiger partial charge in [0.15, 0.2) is 0 Å². The highest BCUT2D eigenvalue weighted by atomic mass is 15.0. The maximum Gasteiger partial charge on any atom is 0.126 e. The summed E-state index contributed by atoms with van der Waals surface area (Å²) in [5.74, 6) is 0.967. The molecular weight excluding hydrogens is 246 g/mol. The number of aromatic nitrogens is 2. The molecule has 0 aliphatic carbocycles.